The zero-order valence-electron chi connectivity index (χ0n) is 13.2. The highest BCUT2D eigenvalue weighted by Gasteiger charge is 2.26. The standard InChI is InChI=1S/C15H20F2N2O3S.ClH/c1-10-8-12(6-7-18-10)19-14(20)9-11-2-4-13(5-3-11)23(21,22)15(16)17;/h2-5,10,12,15,18H,6-9H2,1H3,(H,19,20);1H. The first-order chi connectivity index (χ1) is 10.8. The normalized spacial score (nSPS) is 21.2. The maximum absolute atomic E-state index is 12.4. The average molecular weight is 383 g/mol. The predicted molar refractivity (Wildman–Crippen MR) is 89.2 cm³/mol. The van der Waals surface area contributed by atoms with Crippen molar-refractivity contribution >= 4 is 28.2 Å². The molecule has 2 atom stereocenters. The molecule has 2 unspecified atom stereocenters. The van der Waals surface area contributed by atoms with Crippen molar-refractivity contribution in [1.82, 2.24) is 10.6 Å². The van der Waals surface area contributed by atoms with Crippen molar-refractivity contribution in [3.8, 4) is 0 Å². The maximum Gasteiger partial charge on any atom is 0.341 e. The molecule has 2 rings (SSSR count). The Labute approximate surface area is 146 Å². The van der Waals surface area contributed by atoms with Crippen LogP contribution in [-0.2, 0) is 21.1 Å². The van der Waals surface area contributed by atoms with E-state index in [1.807, 2.05) is 0 Å². The lowest BCUT2D eigenvalue weighted by molar-refractivity contribution is -0.121. The van der Waals surface area contributed by atoms with Gasteiger partial charge >= 0.3 is 5.76 Å². The molecule has 0 bridgehead atoms. The van der Waals surface area contributed by atoms with E-state index in [1.54, 1.807) is 0 Å². The number of piperidine rings is 1. The number of carbonyl (C=O) groups is 1. The lowest BCUT2D eigenvalue weighted by atomic mass is 10.0. The Morgan fingerprint density at radius 3 is 2.50 bits per heavy atom. The first-order valence-corrected chi connectivity index (χ1v) is 8.97. The number of halogens is 3. The molecular formula is C15H21ClF2N2O3S. The van der Waals surface area contributed by atoms with E-state index in [4.69, 9.17) is 0 Å². The zero-order valence-corrected chi connectivity index (χ0v) is 14.8. The maximum atomic E-state index is 12.4. The van der Waals surface area contributed by atoms with Crippen LogP contribution >= 0.6 is 12.4 Å². The lowest BCUT2D eigenvalue weighted by Gasteiger charge is -2.28. The Bertz CT molecular complexity index is 653. The molecule has 0 spiro atoms. The Morgan fingerprint density at radius 1 is 1.33 bits per heavy atom. The molecule has 1 fully saturated rings. The van der Waals surface area contributed by atoms with Crippen LogP contribution < -0.4 is 10.6 Å². The number of hydrogen-bond donors (Lipinski definition) is 2. The van der Waals surface area contributed by atoms with E-state index in [9.17, 15) is 22.0 Å². The Balaban J connectivity index is 0.00000288. The van der Waals surface area contributed by atoms with Crippen molar-refractivity contribution in [3.05, 3.63) is 29.8 Å². The summed E-state index contributed by atoms with van der Waals surface area (Å²) in [5.41, 5.74) is 0.581. The highest BCUT2D eigenvalue weighted by molar-refractivity contribution is 7.91. The molecular weight excluding hydrogens is 362 g/mol. The van der Waals surface area contributed by atoms with E-state index in [2.05, 4.69) is 17.6 Å². The monoisotopic (exact) mass is 382 g/mol. The van der Waals surface area contributed by atoms with Crippen molar-refractivity contribution in [3.63, 3.8) is 0 Å². The van der Waals surface area contributed by atoms with E-state index < -0.39 is 20.5 Å². The van der Waals surface area contributed by atoms with Crippen LogP contribution in [0.5, 0.6) is 0 Å². The molecule has 1 heterocycles. The number of benzene rings is 1. The zero-order chi connectivity index (χ0) is 17.0. The van der Waals surface area contributed by atoms with Gasteiger partial charge in [0.05, 0.1) is 11.3 Å². The van der Waals surface area contributed by atoms with Gasteiger partial charge in [0.25, 0.3) is 0 Å². The number of hydrogen-bond acceptors (Lipinski definition) is 4. The minimum atomic E-state index is -4.59. The second kappa shape index (κ2) is 8.73. The van der Waals surface area contributed by atoms with Gasteiger partial charge in [-0.15, -0.1) is 12.4 Å². The van der Waals surface area contributed by atoms with E-state index in [0.717, 1.165) is 31.5 Å². The molecule has 1 amide bonds. The van der Waals surface area contributed by atoms with Gasteiger partial charge in [-0.25, -0.2) is 8.42 Å². The smallest absolute Gasteiger partial charge is 0.341 e. The summed E-state index contributed by atoms with van der Waals surface area (Å²) in [5.74, 6) is -3.60. The molecule has 0 aliphatic carbocycles. The third kappa shape index (κ3) is 5.39. The molecule has 1 aliphatic rings. The summed E-state index contributed by atoms with van der Waals surface area (Å²) in [6, 6.07) is 5.47. The first kappa shape index (κ1) is 20.8. The number of sulfone groups is 1. The van der Waals surface area contributed by atoms with Crippen LogP contribution in [0.1, 0.15) is 25.3 Å². The van der Waals surface area contributed by atoms with Crippen LogP contribution in [0, 0.1) is 0 Å². The molecule has 2 N–H and O–H groups in total. The molecule has 1 aromatic carbocycles. The number of alkyl halides is 2. The molecule has 9 heteroatoms. The van der Waals surface area contributed by atoms with E-state index >= 15 is 0 Å². The number of amides is 1. The Morgan fingerprint density at radius 2 is 1.96 bits per heavy atom. The fourth-order valence-electron chi connectivity index (χ4n) is 2.63. The minimum Gasteiger partial charge on any atom is -0.353 e. The largest absolute Gasteiger partial charge is 0.353 e. The van der Waals surface area contributed by atoms with Gasteiger partial charge in [-0.3, -0.25) is 4.79 Å². The number of carbonyl (C=O) groups excluding carboxylic acids is 1. The quantitative estimate of drug-likeness (QED) is 0.815. The predicted octanol–water partition coefficient (Wildman–Crippen LogP) is 1.90. The van der Waals surface area contributed by atoms with Crippen LogP contribution in [0.15, 0.2) is 29.2 Å². The summed E-state index contributed by atoms with van der Waals surface area (Å²) >= 11 is 0. The molecule has 1 saturated heterocycles. The summed E-state index contributed by atoms with van der Waals surface area (Å²) in [7, 11) is -4.59. The molecule has 0 saturated carbocycles. The molecule has 1 aliphatic heterocycles. The van der Waals surface area contributed by atoms with Gasteiger partial charge in [0, 0.05) is 12.1 Å². The van der Waals surface area contributed by atoms with E-state index in [1.165, 1.54) is 12.1 Å². The fourth-order valence-corrected chi connectivity index (χ4v) is 3.35. The van der Waals surface area contributed by atoms with Gasteiger partial charge in [0.15, 0.2) is 0 Å². The van der Waals surface area contributed by atoms with Gasteiger partial charge in [0.1, 0.15) is 0 Å². The van der Waals surface area contributed by atoms with Crippen molar-refractivity contribution in [1.29, 1.82) is 0 Å². The van der Waals surface area contributed by atoms with E-state index in [-0.39, 0.29) is 30.8 Å². The molecule has 1 aromatic rings. The van der Waals surface area contributed by atoms with Gasteiger partial charge in [-0.05, 0) is 44.0 Å². The summed E-state index contributed by atoms with van der Waals surface area (Å²) < 4.78 is 47.5. The highest BCUT2D eigenvalue weighted by atomic mass is 35.5. The topological polar surface area (TPSA) is 75.3 Å². The molecule has 0 aromatic heterocycles. The fraction of sp³-hybridized carbons (Fsp3) is 0.533. The average Bonchev–Trinajstić information content (AvgIpc) is 2.47. The van der Waals surface area contributed by atoms with Gasteiger partial charge < -0.3 is 10.6 Å². The highest BCUT2D eigenvalue weighted by Crippen LogP contribution is 2.19. The van der Waals surface area contributed by atoms with Crippen molar-refractivity contribution in [2.45, 2.75) is 48.9 Å². The molecule has 0 radical (unpaired) electrons. The summed E-state index contributed by atoms with van der Waals surface area (Å²) in [4.78, 5) is 11.6. The van der Waals surface area contributed by atoms with Crippen molar-refractivity contribution in [2.75, 3.05) is 6.54 Å². The van der Waals surface area contributed by atoms with Crippen molar-refractivity contribution in [2.24, 2.45) is 0 Å². The second-order valence-electron chi connectivity index (χ2n) is 5.77. The van der Waals surface area contributed by atoms with E-state index in [0.29, 0.717) is 11.6 Å². The third-order valence-corrected chi connectivity index (χ3v) is 5.24. The van der Waals surface area contributed by atoms with Crippen LogP contribution in [0.3, 0.4) is 0 Å². The Kier molecular flexibility index (Phi) is 7.56. The SMILES string of the molecule is CC1CC(NC(=O)Cc2ccc(S(=O)(=O)C(F)F)cc2)CCN1.Cl. The molecule has 24 heavy (non-hydrogen) atoms. The minimum absolute atomic E-state index is 0. The van der Waals surface area contributed by atoms with Crippen LogP contribution in [0.25, 0.3) is 0 Å². The lowest BCUT2D eigenvalue weighted by Crippen LogP contribution is -2.46. The van der Waals surface area contributed by atoms with Crippen LogP contribution in [-0.4, -0.2) is 38.7 Å². The van der Waals surface area contributed by atoms with Crippen LogP contribution in [0.2, 0.25) is 0 Å². The van der Waals surface area contributed by atoms with Gasteiger partial charge in [-0.2, -0.15) is 8.78 Å². The van der Waals surface area contributed by atoms with Gasteiger partial charge in [0.2, 0.25) is 15.7 Å². The van der Waals surface area contributed by atoms with Crippen LogP contribution in [0.4, 0.5) is 8.78 Å². The first-order valence-electron chi connectivity index (χ1n) is 7.43. The molecule has 136 valence electrons. The summed E-state index contributed by atoms with van der Waals surface area (Å²) in [5, 5.41) is 6.24. The second-order valence-corrected chi connectivity index (χ2v) is 7.69. The molecule has 5 nitrogen and oxygen atoms in total. The van der Waals surface area contributed by atoms with Gasteiger partial charge in [-0.1, -0.05) is 12.1 Å². The third-order valence-electron chi connectivity index (χ3n) is 3.84. The van der Waals surface area contributed by atoms with Crippen molar-refractivity contribution < 1.29 is 22.0 Å². The summed E-state index contributed by atoms with van der Waals surface area (Å²) in [6.07, 6.45) is 1.81. The number of nitrogens with one attached hydrogen (secondary N) is 2. The summed E-state index contributed by atoms with van der Waals surface area (Å²) in [6.45, 7) is 2.91. The number of rotatable bonds is 5. The Hall–Kier alpha value is -1.25.